The van der Waals surface area contributed by atoms with Gasteiger partial charge in [-0.05, 0) is 58.5 Å². The number of hydrogen-bond donors (Lipinski definition) is 0. The number of para-hydroxylation sites is 4. The summed E-state index contributed by atoms with van der Waals surface area (Å²) in [5.74, 6) is 3.58. The first kappa shape index (κ1) is 26.8. The number of fused-ring (bicyclic) bond motifs is 18. The summed E-state index contributed by atoms with van der Waals surface area (Å²) < 4.78 is 19.3. The van der Waals surface area contributed by atoms with E-state index in [1.165, 1.54) is 65.3 Å². The van der Waals surface area contributed by atoms with E-state index in [2.05, 4.69) is 160 Å². The lowest BCUT2D eigenvalue weighted by Gasteiger charge is -2.34. The fraction of sp³-hybridized carbons (Fsp3) is 0. The maximum Gasteiger partial charge on any atom is 0.260 e. The molecule has 242 valence electrons. The van der Waals surface area contributed by atoms with Gasteiger partial charge in [-0.25, -0.2) is 0 Å². The molecule has 2 aliphatic rings. The van der Waals surface area contributed by atoms with Gasteiger partial charge in [-0.3, -0.25) is 0 Å². The first-order valence-corrected chi connectivity index (χ1v) is 18.3. The van der Waals surface area contributed by atoms with Gasteiger partial charge in [0, 0.05) is 37.8 Å². The quantitative estimate of drug-likeness (QED) is 0.162. The minimum absolute atomic E-state index is 0.0697. The van der Waals surface area contributed by atoms with Gasteiger partial charge in [-0.15, -0.1) is 0 Å². The molecule has 53 heavy (non-hydrogen) atoms. The third-order valence-corrected chi connectivity index (χ3v) is 12.3. The average molecular weight is 673 g/mol. The van der Waals surface area contributed by atoms with Crippen LogP contribution in [0.5, 0.6) is 23.0 Å². The minimum atomic E-state index is -0.0697. The van der Waals surface area contributed by atoms with E-state index in [9.17, 15) is 0 Å². The Morgan fingerprint density at radius 1 is 0.377 bits per heavy atom. The third-order valence-electron chi connectivity index (χ3n) is 12.3. The topological polar surface area (TPSA) is 27.3 Å². The molecule has 0 aliphatic carbocycles. The van der Waals surface area contributed by atoms with Gasteiger partial charge in [0.1, 0.15) is 23.0 Å². The number of hydrogen-bond acceptors (Lipinski definition) is 2. The van der Waals surface area contributed by atoms with Gasteiger partial charge in [-0.2, -0.15) is 0 Å². The number of ether oxygens (including phenoxy) is 2. The van der Waals surface area contributed by atoms with Crippen LogP contribution >= 0.6 is 0 Å². The van der Waals surface area contributed by atoms with E-state index in [4.69, 9.17) is 9.47 Å². The standard InChI is InChI=1S/C48H25BN2O2/c1-2-10-26(11-3-1)27-24-40-44-41(25-27)53-48-35(21-23-39-43(48)33-17-9-15-31-29-13-5-7-19-37(29)51(39)46(31)33)49(44)34-20-22-38-42(47(34)52-40)32-16-8-14-30-28-12-4-6-18-36(28)50(38)45(30)32/h1-25H. The maximum absolute atomic E-state index is 7.22. The normalized spacial score (nSPS) is 13.5. The largest absolute Gasteiger partial charge is 0.458 e. The lowest BCUT2D eigenvalue weighted by molar-refractivity contribution is 0.470. The van der Waals surface area contributed by atoms with Crippen LogP contribution in [0.3, 0.4) is 0 Å². The monoisotopic (exact) mass is 672 g/mol. The molecule has 2 aliphatic heterocycles. The summed E-state index contributed by atoms with van der Waals surface area (Å²) in [6, 6.07) is 55.1. The van der Waals surface area contributed by atoms with Gasteiger partial charge in [0.2, 0.25) is 0 Å². The minimum Gasteiger partial charge on any atom is -0.458 e. The van der Waals surface area contributed by atoms with Crippen molar-refractivity contribution >= 4 is 99.3 Å². The number of aromatic nitrogens is 2. The Balaban J connectivity index is 1.12. The highest BCUT2D eigenvalue weighted by Crippen LogP contribution is 2.48. The molecule has 4 aromatic heterocycles. The Morgan fingerprint density at radius 3 is 1.40 bits per heavy atom. The Labute approximate surface area is 302 Å². The van der Waals surface area contributed by atoms with Gasteiger partial charge in [-0.1, -0.05) is 115 Å². The predicted molar refractivity (Wildman–Crippen MR) is 219 cm³/mol. The zero-order chi connectivity index (χ0) is 34.1. The number of rotatable bonds is 1. The van der Waals surface area contributed by atoms with Gasteiger partial charge >= 0.3 is 0 Å². The van der Waals surface area contributed by atoms with Crippen molar-refractivity contribution in [3.8, 4) is 34.1 Å². The van der Waals surface area contributed by atoms with E-state index < -0.39 is 0 Å². The van der Waals surface area contributed by atoms with Gasteiger partial charge in [0.25, 0.3) is 6.71 Å². The van der Waals surface area contributed by atoms with Crippen molar-refractivity contribution < 1.29 is 9.47 Å². The number of nitrogens with zero attached hydrogens (tertiary/aromatic N) is 2. The van der Waals surface area contributed by atoms with Gasteiger partial charge < -0.3 is 18.3 Å². The van der Waals surface area contributed by atoms with E-state index >= 15 is 0 Å². The maximum atomic E-state index is 7.22. The molecule has 0 N–H and O–H groups in total. The molecule has 0 radical (unpaired) electrons. The predicted octanol–water partition coefficient (Wildman–Crippen LogP) is 10.4. The molecular formula is C48H25BN2O2. The molecule has 0 amide bonds. The molecule has 12 aromatic rings. The molecule has 0 fully saturated rings. The van der Waals surface area contributed by atoms with E-state index in [0.717, 1.165) is 61.4 Å². The van der Waals surface area contributed by atoms with E-state index in [-0.39, 0.29) is 6.71 Å². The van der Waals surface area contributed by atoms with Crippen molar-refractivity contribution in [2.75, 3.05) is 0 Å². The van der Waals surface area contributed by atoms with Gasteiger partial charge in [0.05, 0.1) is 43.9 Å². The summed E-state index contributed by atoms with van der Waals surface area (Å²) in [6.45, 7) is -0.0697. The number of benzene rings is 8. The van der Waals surface area contributed by atoms with Crippen molar-refractivity contribution in [2.45, 2.75) is 0 Å². The van der Waals surface area contributed by atoms with Crippen LogP contribution in [0.1, 0.15) is 0 Å². The molecule has 0 unspecified atom stereocenters. The summed E-state index contributed by atoms with van der Waals surface area (Å²) in [6.07, 6.45) is 0. The molecule has 8 aromatic carbocycles. The van der Waals surface area contributed by atoms with E-state index in [1.54, 1.807) is 0 Å². The van der Waals surface area contributed by atoms with Crippen molar-refractivity contribution in [3.05, 3.63) is 152 Å². The zero-order valence-corrected chi connectivity index (χ0v) is 28.2. The molecule has 0 saturated carbocycles. The highest BCUT2D eigenvalue weighted by molar-refractivity contribution is 6.98. The second kappa shape index (κ2) is 9.08. The molecule has 0 spiro atoms. The summed E-state index contributed by atoms with van der Waals surface area (Å²) >= 11 is 0. The summed E-state index contributed by atoms with van der Waals surface area (Å²) in [4.78, 5) is 0. The smallest absolute Gasteiger partial charge is 0.260 e. The highest BCUT2D eigenvalue weighted by Gasteiger charge is 2.43. The van der Waals surface area contributed by atoms with Crippen LogP contribution in [0, 0.1) is 0 Å². The van der Waals surface area contributed by atoms with E-state index in [1.807, 2.05) is 0 Å². The molecule has 4 nitrogen and oxygen atoms in total. The highest BCUT2D eigenvalue weighted by atomic mass is 16.5. The molecule has 5 heteroatoms. The van der Waals surface area contributed by atoms with E-state index in [0.29, 0.717) is 0 Å². The van der Waals surface area contributed by atoms with Crippen molar-refractivity contribution in [1.82, 2.24) is 8.80 Å². The molecule has 0 atom stereocenters. The lowest BCUT2D eigenvalue weighted by atomic mass is 9.34. The summed E-state index contributed by atoms with van der Waals surface area (Å²) in [5, 5.41) is 9.84. The fourth-order valence-electron chi connectivity index (χ4n) is 10.2. The summed E-state index contributed by atoms with van der Waals surface area (Å²) in [5.41, 5.74) is 12.9. The van der Waals surface area contributed by atoms with Gasteiger partial charge in [0.15, 0.2) is 0 Å². The van der Waals surface area contributed by atoms with Crippen molar-refractivity contribution in [3.63, 3.8) is 0 Å². The second-order valence-corrected chi connectivity index (χ2v) is 14.8. The lowest BCUT2D eigenvalue weighted by Crippen LogP contribution is -2.57. The van der Waals surface area contributed by atoms with Crippen molar-refractivity contribution in [2.24, 2.45) is 0 Å². The molecular weight excluding hydrogens is 647 g/mol. The van der Waals surface area contributed by atoms with Crippen molar-refractivity contribution in [1.29, 1.82) is 0 Å². The Morgan fingerprint density at radius 2 is 0.849 bits per heavy atom. The zero-order valence-electron chi connectivity index (χ0n) is 28.2. The second-order valence-electron chi connectivity index (χ2n) is 14.8. The Bertz CT molecular complexity index is 3360. The first-order chi connectivity index (χ1) is 26.3. The third kappa shape index (κ3) is 3.06. The van der Waals surface area contributed by atoms with Crippen LogP contribution in [-0.2, 0) is 0 Å². The molecule has 0 bridgehead atoms. The van der Waals surface area contributed by atoms with Crippen LogP contribution in [0.4, 0.5) is 0 Å². The fourth-order valence-corrected chi connectivity index (χ4v) is 10.2. The van der Waals surface area contributed by atoms with Crippen LogP contribution in [0.2, 0.25) is 0 Å². The SMILES string of the molecule is c1ccc(-c2cc3c4c(c2)Oc2c(ccc5c2c2cccc6c7ccccc7n5c62)B4c2ccc4c(c2O3)c2cccc3c5ccccc5n4c32)cc1. The summed E-state index contributed by atoms with van der Waals surface area (Å²) in [7, 11) is 0. The first-order valence-electron chi connectivity index (χ1n) is 18.3. The molecule has 14 rings (SSSR count). The molecule has 6 heterocycles. The average Bonchev–Trinajstić information content (AvgIpc) is 3.95. The Kier molecular flexibility index (Phi) is 4.59. The van der Waals surface area contributed by atoms with Crippen LogP contribution in [-0.4, -0.2) is 15.5 Å². The van der Waals surface area contributed by atoms with Crippen LogP contribution in [0.15, 0.2) is 152 Å². The van der Waals surface area contributed by atoms with Crippen LogP contribution in [0.25, 0.3) is 87.3 Å². The Hall–Kier alpha value is -6.98. The van der Waals surface area contributed by atoms with Crippen LogP contribution < -0.4 is 25.9 Å². The molecule has 0 saturated heterocycles.